The van der Waals surface area contributed by atoms with Crippen LogP contribution in [0.2, 0.25) is 0 Å². The molecule has 116 valence electrons. The number of carbonyl (C=O) groups is 1. The zero-order valence-corrected chi connectivity index (χ0v) is 11.7. The number of benzene rings is 1. The Morgan fingerprint density at radius 3 is 2.81 bits per heavy atom. The van der Waals surface area contributed by atoms with Crippen LogP contribution in [-0.2, 0) is 6.42 Å². The van der Waals surface area contributed by atoms with Crippen LogP contribution in [0, 0.1) is 11.6 Å². The number of rotatable bonds is 4. The minimum absolute atomic E-state index is 0.203. The normalized spacial score (nSPS) is 21.9. The second-order valence-corrected chi connectivity index (χ2v) is 5.34. The number of hydrogen-bond donors (Lipinski definition) is 3. The van der Waals surface area contributed by atoms with Gasteiger partial charge in [0.15, 0.2) is 0 Å². The number of aliphatic hydroxyl groups is 1. The summed E-state index contributed by atoms with van der Waals surface area (Å²) < 4.78 is 26.4. The number of carbonyl (C=O) groups excluding carboxylic acids is 1. The maximum absolute atomic E-state index is 13.4. The standard InChI is InChI=1S/C15H20F2N2O2/c16-11-5-6-12(17)10(9-11)7-8-18-15(21)19-13-3-1-2-4-14(13)20/h5-6,9,13-14,20H,1-4,7-8H2,(H2,18,19,21). The zero-order chi connectivity index (χ0) is 15.2. The van der Waals surface area contributed by atoms with Crippen LogP contribution in [0.5, 0.6) is 0 Å². The smallest absolute Gasteiger partial charge is 0.315 e. The molecular formula is C15H20F2N2O2. The second kappa shape index (κ2) is 7.36. The van der Waals surface area contributed by atoms with Crippen LogP contribution in [0.3, 0.4) is 0 Å². The first-order valence-corrected chi connectivity index (χ1v) is 7.22. The van der Waals surface area contributed by atoms with Gasteiger partial charge in [0, 0.05) is 6.54 Å². The third kappa shape index (κ3) is 4.67. The largest absolute Gasteiger partial charge is 0.391 e. The molecule has 3 N–H and O–H groups in total. The Kier molecular flexibility index (Phi) is 5.50. The molecule has 1 saturated carbocycles. The highest BCUT2D eigenvalue weighted by Crippen LogP contribution is 2.18. The summed E-state index contributed by atoms with van der Waals surface area (Å²) in [4.78, 5) is 11.7. The summed E-state index contributed by atoms with van der Waals surface area (Å²) in [5, 5.41) is 15.1. The van der Waals surface area contributed by atoms with Gasteiger partial charge >= 0.3 is 6.03 Å². The molecule has 0 heterocycles. The number of amides is 2. The van der Waals surface area contributed by atoms with E-state index in [9.17, 15) is 18.7 Å². The van der Waals surface area contributed by atoms with Gasteiger partial charge in [0.1, 0.15) is 11.6 Å². The minimum Gasteiger partial charge on any atom is -0.391 e. The number of hydrogen-bond acceptors (Lipinski definition) is 2. The van der Waals surface area contributed by atoms with E-state index in [0.717, 1.165) is 37.5 Å². The van der Waals surface area contributed by atoms with Crippen LogP contribution >= 0.6 is 0 Å². The van der Waals surface area contributed by atoms with E-state index in [1.54, 1.807) is 0 Å². The van der Waals surface area contributed by atoms with E-state index in [-0.39, 0.29) is 24.6 Å². The van der Waals surface area contributed by atoms with Crippen LogP contribution in [0.25, 0.3) is 0 Å². The lowest BCUT2D eigenvalue weighted by molar-refractivity contribution is 0.0943. The van der Waals surface area contributed by atoms with Crippen LogP contribution in [0.15, 0.2) is 18.2 Å². The highest BCUT2D eigenvalue weighted by atomic mass is 19.1. The van der Waals surface area contributed by atoms with E-state index in [0.29, 0.717) is 6.42 Å². The van der Waals surface area contributed by atoms with E-state index in [1.807, 2.05) is 0 Å². The molecule has 21 heavy (non-hydrogen) atoms. The van der Waals surface area contributed by atoms with Gasteiger partial charge in [-0.05, 0) is 43.0 Å². The Morgan fingerprint density at radius 1 is 1.29 bits per heavy atom. The summed E-state index contributed by atoms with van der Waals surface area (Å²) in [5.74, 6) is -0.984. The maximum Gasteiger partial charge on any atom is 0.315 e. The third-order valence-corrected chi connectivity index (χ3v) is 3.73. The fourth-order valence-corrected chi connectivity index (χ4v) is 2.54. The Morgan fingerprint density at radius 2 is 2.05 bits per heavy atom. The van der Waals surface area contributed by atoms with Crippen molar-refractivity contribution < 1.29 is 18.7 Å². The predicted octanol–water partition coefficient (Wildman–Crippen LogP) is 2.11. The Hall–Kier alpha value is -1.69. The molecule has 0 spiro atoms. The molecule has 2 amide bonds. The lowest BCUT2D eigenvalue weighted by Crippen LogP contribution is -2.49. The summed E-state index contributed by atoms with van der Waals surface area (Å²) in [5.41, 5.74) is 0.230. The highest BCUT2D eigenvalue weighted by molar-refractivity contribution is 5.74. The van der Waals surface area contributed by atoms with Crippen molar-refractivity contribution in [2.45, 2.75) is 44.2 Å². The summed E-state index contributed by atoms with van der Waals surface area (Å²) in [6.45, 7) is 0.203. The quantitative estimate of drug-likeness (QED) is 0.797. The number of halogens is 2. The monoisotopic (exact) mass is 298 g/mol. The average Bonchev–Trinajstić information content (AvgIpc) is 2.45. The van der Waals surface area contributed by atoms with Gasteiger partial charge in [0.25, 0.3) is 0 Å². The molecule has 6 heteroatoms. The lowest BCUT2D eigenvalue weighted by Gasteiger charge is -2.28. The van der Waals surface area contributed by atoms with Gasteiger partial charge in [0.05, 0.1) is 12.1 Å². The van der Waals surface area contributed by atoms with E-state index in [2.05, 4.69) is 10.6 Å². The molecule has 2 unspecified atom stereocenters. The Balaban J connectivity index is 1.75. The molecule has 0 radical (unpaired) electrons. The second-order valence-electron chi connectivity index (χ2n) is 5.34. The predicted molar refractivity (Wildman–Crippen MR) is 74.9 cm³/mol. The Bertz CT molecular complexity index is 497. The van der Waals surface area contributed by atoms with Gasteiger partial charge in [-0.2, -0.15) is 0 Å². The van der Waals surface area contributed by atoms with Crippen molar-refractivity contribution in [1.29, 1.82) is 0 Å². The van der Waals surface area contributed by atoms with Crippen molar-refractivity contribution >= 4 is 6.03 Å². The first-order valence-electron chi connectivity index (χ1n) is 7.22. The molecule has 0 aromatic heterocycles. The fraction of sp³-hybridized carbons (Fsp3) is 0.533. The topological polar surface area (TPSA) is 61.4 Å². The Labute approximate surface area is 122 Å². The van der Waals surface area contributed by atoms with E-state index in [1.165, 1.54) is 0 Å². The molecular weight excluding hydrogens is 278 g/mol. The first kappa shape index (κ1) is 15.7. The number of aliphatic hydroxyl groups excluding tert-OH is 1. The van der Waals surface area contributed by atoms with Gasteiger partial charge in [-0.25, -0.2) is 13.6 Å². The SMILES string of the molecule is O=C(NCCc1cc(F)ccc1F)NC1CCCCC1O. The van der Waals surface area contributed by atoms with Crippen molar-refractivity contribution in [2.75, 3.05) is 6.54 Å². The lowest BCUT2D eigenvalue weighted by atomic mass is 9.93. The van der Waals surface area contributed by atoms with Gasteiger partial charge in [-0.1, -0.05) is 12.8 Å². The van der Waals surface area contributed by atoms with Gasteiger partial charge in [-0.3, -0.25) is 0 Å². The van der Waals surface area contributed by atoms with E-state index >= 15 is 0 Å². The van der Waals surface area contributed by atoms with Crippen LogP contribution < -0.4 is 10.6 Å². The summed E-state index contributed by atoms with van der Waals surface area (Å²) in [6, 6.07) is 2.63. The van der Waals surface area contributed by atoms with E-state index in [4.69, 9.17) is 0 Å². The highest BCUT2D eigenvalue weighted by Gasteiger charge is 2.24. The molecule has 1 aliphatic carbocycles. The van der Waals surface area contributed by atoms with Crippen LogP contribution in [0.1, 0.15) is 31.2 Å². The molecule has 1 aliphatic rings. The molecule has 1 fully saturated rings. The molecule has 0 saturated heterocycles. The number of urea groups is 1. The van der Waals surface area contributed by atoms with Gasteiger partial charge < -0.3 is 15.7 Å². The maximum atomic E-state index is 13.4. The molecule has 0 bridgehead atoms. The van der Waals surface area contributed by atoms with Gasteiger partial charge in [0.2, 0.25) is 0 Å². The summed E-state index contributed by atoms with van der Waals surface area (Å²) >= 11 is 0. The van der Waals surface area contributed by atoms with Crippen LogP contribution in [0.4, 0.5) is 13.6 Å². The summed E-state index contributed by atoms with van der Waals surface area (Å²) in [6.07, 6.45) is 3.11. The number of nitrogens with one attached hydrogen (secondary N) is 2. The molecule has 1 aromatic rings. The van der Waals surface area contributed by atoms with Crippen molar-refractivity contribution in [1.82, 2.24) is 10.6 Å². The van der Waals surface area contributed by atoms with Crippen molar-refractivity contribution in [3.8, 4) is 0 Å². The van der Waals surface area contributed by atoms with Crippen molar-refractivity contribution in [3.05, 3.63) is 35.4 Å². The van der Waals surface area contributed by atoms with Crippen LogP contribution in [-0.4, -0.2) is 29.8 Å². The first-order chi connectivity index (χ1) is 10.1. The van der Waals surface area contributed by atoms with Crippen molar-refractivity contribution in [3.63, 3.8) is 0 Å². The molecule has 1 aromatic carbocycles. The van der Waals surface area contributed by atoms with Crippen molar-refractivity contribution in [2.24, 2.45) is 0 Å². The fourth-order valence-electron chi connectivity index (χ4n) is 2.54. The molecule has 2 atom stereocenters. The third-order valence-electron chi connectivity index (χ3n) is 3.73. The zero-order valence-electron chi connectivity index (χ0n) is 11.7. The average molecular weight is 298 g/mol. The van der Waals surface area contributed by atoms with E-state index < -0.39 is 23.8 Å². The molecule has 0 aliphatic heterocycles. The van der Waals surface area contributed by atoms with Gasteiger partial charge in [-0.15, -0.1) is 0 Å². The minimum atomic E-state index is -0.509. The molecule has 4 nitrogen and oxygen atoms in total. The molecule has 2 rings (SSSR count). The summed E-state index contributed by atoms with van der Waals surface area (Å²) in [7, 11) is 0.